The summed E-state index contributed by atoms with van der Waals surface area (Å²) in [5.41, 5.74) is 3.75. The molecular formula is C23H28N2O4. The van der Waals surface area contributed by atoms with Crippen LogP contribution in [0, 0.1) is 6.92 Å². The van der Waals surface area contributed by atoms with E-state index in [-0.39, 0.29) is 5.56 Å². The van der Waals surface area contributed by atoms with Gasteiger partial charge in [-0.15, -0.1) is 0 Å². The second-order valence-electron chi connectivity index (χ2n) is 6.98. The molecule has 0 unspecified atom stereocenters. The maximum Gasteiger partial charge on any atom is 0.255 e. The minimum atomic E-state index is -0.0183. The average molecular weight is 396 g/mol. The predicted octanol–water partition coefficient (Wildman–Crippen LogP) is 3.11. The molecule has 6 nitrogen and oxygen atoms in total. The van der Waals surface area contributed by atoms with E-state index >= 15 is 0 Å². The molecule has 29 heavy (non-hydrogen) atoms. The summed E-state index contributed by atoms with van der Waals surface area (Å²) in [7, 11) is 4.87. The third-order valence-electron chi connectivity index (χ3n) is 4.93. The zero-order chi connectivity index (χ0) is 20.8. The Bertz CT molecular complexity index is 1030. The lowest BCUT2D eigenvalue weighted by atomic mass is 10.1. The van der Waals surface area contributed by atoms with Crippen LogP contribution in [0.25, 0.3) is 10.9 Å². The largest absolute Gasteiger partial charge is 0.493 e. The molecule has 0 radical (unpaired) electrons. The van der Waals surface area contributed by atoms with Crippen molar-refractivity contribution in [2.24, 2.45) is 0 Å². The van der Waals surface area contributed by atoms with Crippen molar-refractivity contribution in [3.63, 3.8) is 0 Å². The van der Waals surface area contributed by atoms with Gasteiger partial charge in [-0.25, -0.2) is 0 Å². The topological polar surface area (TPSA) is 61.7 Å². The minimum absolute atomic E-state index is 0.0183. The Morgan fingerprint density at radius 2 is 1.66 bits per heavy atom. The number of fused-ring (bicyclic) bond motifs is 1. The van der Waals surface area contributed by atoms with E-state index in [1.165, 1.54) is 5.56 Å². The van der Waals surface area contributed by atoms with Crippen LogP contribution in [0.3, 0.4) is 0 Å². The molecular weight excluding hydrogens is 368 g/mol. The molecule has 0 amide bonds. The third-order valence-corrected chi connectivity index (χ3v) is 4.93. The van der Waals surface area contributed by atoms with Crippen LogP contribution >= 0.6 is 0 Å². The second kappa shape index (κ2) is 9.58. The molecule has 1 heterocycles. The Morgan fingerprint density at radius 3 is 2.31 bits per heavy atom. The van der Waals surface area contributed by atoms with Crippen LogP contribution < -0.4 is 20.3 Å². The lowest BCUT2D eigenvalue weighted by Crippen LogP contribution is -2.29. The molecule has 0 aliphatic heterocycles. The maximum atomic E-state index is 13.3. The first kappa shape index (κ1) is 20.9. The van der Waals surface area contributed by atoms with Gasteiger partial charge in [0, 0.05) is 37.2 Å². The van der Waals surface area contributed by atoms with E-state index < -0.39 is 0 Å². The monoisotopic (exact) mass is 396 g/mol. The van der Waals surface area contributed by atoms with Gasteiger partial charge in [-0.3, -0.25) is 4.79 Å². The molecule has 0 spiro atoms. The number of aromatic nitrogens is 1. The molecule has 1 N–H and O–H groups in total. The highest BCUT2D eigenvalue weighted by Gasteiger charge is 2.14. The first-order chi connectivity index (χ1) is 14.1. The molecule has 0 bridgehead atoms. The van der Waals surface area contributed by atoms with Gasteiger partial charge in [0.1, 0.15) is 0 Å². The number of hydrogen-bond acceptors (Lipinski definition) is 5. The van der Waals surface area contributed by atoms with Crippen molar-refractivity contribution in [2.75, 3.05) is 34.5 Å². The number of aryl methyl sites for hydroxylation is 1. The minimum Gasteiger partial charge on any atom is -0.493 e. The zero-order valence-corrected chi connectivity index (χ0v) is 17.5. The highest BCUT2D eigenvalue weighted by molar-refractivity contribution is 5.84. The highest BCUT2D eigenvalue weighted by atomic mass is 16.5. The molecule has 1 aromatic heterocycles. The maximum absolute atomic E-state index is 13.3. The van der Waals surface area contributed by atoms with Gasteiger partial charge in [0.05, 0.1) is 32.9 Å². The lowest BCUT2D eigenvalue weighted by molar-refractivity contribution is 0.199. The fourth-order valence-corrected chi connectivity index (χ4v) is 3.32. The van der Waals surface area contributed by atoms with Crippen LogP contribution in [0.4, 0.5) is 0 Å². The first-order valence-electron chi connectivity index (χ1n) is 9.61. The zero-order valence-electron chi connectivity index (χ0n) is 17.5. The molecule has 3 aromatic rings. The fraction of sp³-hybridized carbons (Fsp3) is 0.348. The van der Waals surface area contributed by atoms with Crippen molar-refractivity contribution < 1.29 is 14.2 Å². The van der Waals surface area contributed by atoms with Crippen molar-refractivity contribution in [1.82, 2.24) is 9.88 Å². The Labute approximate surface area is 171 Å². The quantitative estimate of drug-likeness (QED) is 0.563. The van der Waals surface area contributed by atoms with Gasteiger partial charge in [0.2, 0.25) is 0 Å². The number of benzene rings is 2. The third kappa shape index (κ3) is 4.78. The molecule has 0 fully saturated rings. The summed E-state index contributed by atoms with van der Waals surface area (Å²) in [5.74, 6) is 1.24. The number of nitrogens with zero attached hydrogens (tertiary/aromatic N) is 1. The number of rotatable bonds is 9. The summed E-state index contributed by atoms with van der Waals surface area (Å²) in [5, 5.41) is 4.19. The van der Waals surface area contributed by atoms with E-state index in [1.54, 1.807) is 25.9 Å². The summed E-state index contributed by atoms with van der Waals surface area (Å²) >= 11 is 0. The van der Waals surface area contributed by atoms with Gasteiger partial charge < -0.3 is 24.1 Å². The summed E-state index contributed by atoms with van der Waals surface area (Å²) in [6.07, 6.45) is 0. The Balaban J connectivity index is 2.11. The Kier molecular flexibility index (Phi) is 6.90. The summed E-state index contributed by atoms with van der Waals surface area (Å²) in [4.78, 5) is 13.3. The fourth-order valence-electron chi connectivity index (χ4n) is 3.32. The van der Waals surface area contributed by atoms with Crippen molar-refractivity contribution in [3.8, 4) is 11.5 Å². The highest BCUT2D eigenvalue weighted by Crippen LogP contribution is 2.32. The van der Waals surface area contributed by atoms with Crippen molar-refractivity contribution in [2.45, 2.75) is 20.0 Å². The molecule has 3 rings (SSSR count). The van der Waals surface area contributed by atoms with Gasteiger partial charge in [-0.05, 0) is 24.6 Å². The molecule has 0 saturated heterocycles. The van der Waals surface area contributed by atoms with Crippen molar-refractivity contribution in [3.05, 3.63) is 69.5 Å². The molecule has 0 aliphatic carbocycles. The summed E-state index contributed by atoms with van der Waals surface area (Å²) in [6.45, 7) is 4.28. The number of hydrogen-bond donors (Lipinski definition) is 1. The van der Waals surface area contributed by atoms with E-state index in [0.717, 1.165) is 16.5 Å². The number of methoxy groups -OCH3 is 3. The molecule has 6 heteroatoms. The molecule has 0 saturated carbocycles. The van der Waals surface area contributed by atoms with E-state index in [4.69, 9.17) is 14.2 Å². The Morgan fingerprint density at radius 1 is 0.966 bits per heavy atom. The van der Waals surface area contributed by atoms with Gasteiger partial charge in [-0.1, -0.05) is 29.8 Å². The lowest BCUT2D eigenvalue weighted by Gasteiger charge is -2.16. The Hall–Kier alpha value is -2.83. The van der Waals surface area contributed by atoms with Gasteiger partial charge in [-0.2, -0.15) is 0 Å². The predicted molar refractivity (Wildman–Crippen MR) is 115 cm³/mol. The van der Waals surface area contributed by atoms with Crippen LogP contribution in [0.1, 0.15) is 16.7 Å². The van der Waals surface area contributed by atoms with Gasteiger partial charge >= 0.3 is 0 Å². The SMILES string of the molecule is COCCNCc1cc2cc(OC)c(OC)cc2n(Cc2ccc(C)cc2)c1=O. The van der Waals surface area contributed by atoms with E-state index in [1.807, 2.05) is 18.2 Å². The number of pyridine rings is 1. The van der Waals surface area contributed by atoms with E-state index in [0.29, 0.717) is 43.3 Å². The number of ether oxygens (including phenoxy) is 3. The smallest absolute Gasteiger partial charge is 0.255 e. The molecule has 0 aliphatic rings. The molecule has 2 aromatic carbocycles. The average Bonchev–Trinajstić information content (AvgIpc) is 2.74. The summed E-state index contributed by atoms with van der Waals surface area (Å²) in [6, 6.07) is 13.9. The van der Waals surface area contributed by atoms with Crippen molar-refractivity contribution in [1.29, 1.82) is 0 Å². The molecule has 0 atom stereocenters. The molecule has 154 valence electrons. The van der Waals surface area contributed by atoms with Crippen LogP contribution in [-0.2, 0) is 17.8 Å². The van der Waals surface area contributed by atoms with Crippen LogP contribution in [-0.4, -0.2) is 39.0 Å². The normalized spacial score (nSPS) is 11.0. The number of nitrogens with one attached hydrogen (secondary N) is 1. The van der Waals surface area contributed by atoms with Crippen LogP contribution in [0.5, 0.6) is 11.5 Å². The van der Waals surface area contributed by atoms with Crippen LogP contribution in [0.15, 0.2) is 47.3 Å². The van der Waals surface area contributed by atoms with Gasteiger partial charge in [0.25, 0.3) is 5.56 Å². The van der Waals surface area contributed by atoms with Gasteiger partial charge in [0.15, 0.2) is 11.5 Å². The first-order valence-corrected chi connectivity index (χ1v) is 9.61. The summed E-state index contributed by atoms with van der Waals surface area (Å²) < 4.78 is 17.8. The van der Waals surface area contributed by atoms with Crippen molar-refractivity contribution >= 4 is 10.9 Å². The standard InChI is InChI=1S/C23H28N2O4/c1-16-5-7-17(8-6-16)15-25-20-13-22(29-4)21(28-3)12-18(20)11-19(23(25)26)14-24-9-10-27-2/h5-8,11-13,24H,9-10,14-15H2,1-4H3. The second-order valence-corrected chi connectivity index (χ2v) is 6.98. The van der Waals surface area contributed by atoms with Crippen LogP contribution in [0.2, 0.25) is 0 Å². The van der Waals surface area contributed by atoms with E-state index in [9.17, 15) is 4.79 Å². The van der Waals surface area contributed by atoms with E-state index in [2.05, 4.69) is 36.5 Å².